The van der Waals surface area contributed by atoms with Crippen molar-refractivity contribution < 1.29 is 30.8 Å². The highest BCUT2D eigenvalue weighted by molar-refractivity contribution is 9.10. The van der Waals surface area contributed by atoms with E-state index in [1.54, 1.807) is 0 Å². The molecular formula is C14H7BrF4N4O3S. The van der Waals surface area contributed by atoms with E-state index in [1.807, 2.05) is 0 Å². The molecule has 0 unspecified atom stereocenters. The molecule has 3 aromatic heterocycles. The van der Waals surface area contributed by atoms with Gasteiger partial charge in [-0.1, -0.05) is 0 Å². The summed E-state index contributed by atoms with van der Waals surface area (Å²) in [5.74, 6) is -2.80. The van der Waals surface area contributed by atoms with Crippen LogP contribution in [0, 0.1) is 5.95 Å². The molecule has 0 radical (unpaired) electrons. The summed E-state index contributed by atoms with van der Waals surface area (Å²) in [6.45, 7) is 0. The van der Waals surface area contributed by atoms with Crippen LogP contribution < -0.4 is 0 Å². The van der Waals surface area contributed by atoms with Crippen LogP contribution in [0.3, 0.4) is 0 Å². The number of hydrogen-bond donors (Lipinski definition) is 0. The standard InChI is InChI=1S/C14H7BrF4N4O3S/c1-27(25,26)13-20-4-7(14(17,18)19)10(21-13)11(24)9-8-3-2-6(15)5-23(8)22-12(9)16/h2-5H,1H3. The summed E-state index contributed by atoms with van der Waals surface area (Å²) >= 11 is 3.11. The summed E-state index contributed by atoms with van der Waals surface area (Å²) in [7, 11) is -4.11. The highest BCUT2D eigenvalue weighted by atomic mass is 79.9. The molecule has 13 heteroatoms. The maximum Gasteiger partial charge on any atom is 0.420 e. The van der Waals surface area contributed by atoms with E-state index in [2.05, 4.69) is 31.0 Å². The van der Waals surface area contributed by atoms with Gasteiger partial charge in [0.1, 0.15) is 16.8 Å². The maximum absolute atomic E-state index is 14.2. The normalized spacial score (nSPS) is 12.5. The van der Waals surface area contributed by atoms with Crippen LogP contribution in [0.2, 0.25) is 0 Å². The monoisotopic (exact) mass is 466 g/mol. The number of aromatic nitrogens is 4. The van der Waals surface area contributed by atoms with Gasteiger partial charge in [-0.25, -0.2) is 22.9 Å². The average Bonchev–Trinajstić information content (AvgIpc) is 2.86. The Morgan fingerprint density at radius 3 is 2.52 bits per heavy atom. The number of sulfone groups is 1. The predicted octanol–water partition coefficient (Wildman–Crippen LogP) is 2.68. The average molecular weight is 467 g/mol. The van der Waals surface area contributed by atoms with Crippen molar-refractivity contribution in [3.8, 4) is 0 Å². The fraction of sp³-hybridized carbons (Fsp3) is 0.143. The van der Waals surface area contributed by atoms with Crippen LogP contribution >= 0.6 is 15.9 Å². The van der Waals surface area contributed by atoms with Gasteiger partial charge in [-0.2, -0.15) is 17.6 Å². The van der Waals surface area contributed by atoms with Gasteiger partial charge in [-0.05, 0) is 28.1 Å². The van der Waals surface area contributed by atoms with E-state index in [9.17, 15) is 30.8 Å². The number of fused-ring (bicyclic) bond motifs is 1. The number of alkyl halides is 3. The molecule has 142 valence electrons. The third kappa shape index (κ3) is 3.56. The molecule has 0 spiro atoms. The summed E-state index contributed by atoms with van der Waals surface area (Å²) in [5.41, 5.74) is -3.76. The second-order valence-corrected chi connectivity index (χ2v) is 8.18. The van der Waals surface area contributed by atoms with Crippen molar-refractivity contribution in [1.82, 2.24) is 19.6 Å². The first-order valence-electron chi connectivity index (χ1n) is 6.92. The highest BCUT2D eigenvalue weighted by Gasteiger charge is 2.39. The van der Waals surface area contributed by atoms with Gasteiger partial charge in [-0.3, -0.25) is 4.79 Å². The second-order valence-electron chi connectivity index (χ2n) is 5.36. The predicted molar refractivity (Wildman–Crippen MR) is 86.4 cm³/mol. The van der Waals surface area contributed by atoms with E-state index >= 15 is 0 Å². The van der Waals surface area contributed by atoms with Crippen LogP contribution in [-0.2, 0) is 16.0 Å². The number of halogens is 5. The fourth-order valence-electron chi connectivity index (χ4n) is 2.25. The van der Waals surface area contributed by atoms with Crippen LogP contribution in [-0.4, -0.2) is 40.0 Å². The molecule has 7 nitrogen and oxygen atoms in total. The van der Waals surface area contributed by atoms with E-state index < -0.39 is 49.7 Å². The molecule has 0 atom stereocenters. The molecule has 0 saturated carbocycles. The number of hydrogen-bond acceptors (Lipinski definition) is 6. The Bertz CT molecular complexity index is 1190. The molecule has 27 heavy (non-hydrogen) atoms. The van der Waals surface area contributed by atoms with Crippen molar-refractivity contribution in [1.29, 1.82) is 0 Å². The smallest absolute Gasteiger partial charge is 0.287 e. The Balaban J connectivity index is 2.30. The molecule has 0 aliphatic carbocycles. The van der Waals surface area contributed by atoms with Crippen molar-refractivity contribution in [3.63, 3.8) is 0 Å². The van der Waals surface area contributed by atoms with Crippen LogP contribution in [0.25, 0.3) is 5.52 Å². The molecular weight excluding hydrogens is 460 g/mol. The molecule has 0 aliphatic heterocycles. The van der Waals surface area contributed by atoms with E-state index in [0.717, 1.165) is 4.52 Å². The third-order valence-electron chi connectivity index (χ3n) is 3.40. The van der Waals surface area contributed by atoms with E-state index in [-0.39, 0.29) is 11.7 Å². The van der Waals surface area contributed by atoms with Gasteiger partial charge in [0.25, 0.3) is 0 Å². The molecule has 0 fully saturated rings. The van der Waals surface area contributed by atoms with E-state index in [1.165, 1.54) is 18.3 Å². The lowest BCUT2D eigenvalue weighted by Crippen LogP contribution is -2.19. The molecule has 3 heterocycles. The number of carbonyl (C=O) groups excluding carboxylic acids is 1. The zero-order valence-corrected chi connectivity index (χ0v) is 15.5. The molecule has 0 bridgehead atoms. The van der Waals surface area contributed by atoms with Crippen LogP contribution in [0.1, 0.15) is 21.6 Å². The van der Waals surface area contributed by atoms with Crippen molar-refractivity contribution in [2.75, 3.05) is 6.26 Å². The Morgan fingerprint density at radius 1 is 1.26 bits per heavy atom. The summed E-state index contributed by atoms with van der Waals surface area (Å²) < 4.78 is 78.5. The number of nitrogens with zero attached hydrogens (tertiary/aromatic N) is 4. The van der Waals surface area contributed by atoms with Gasteiger partial charge in [0.05, 0.1) is 5.52 Å². The van der Waals surface area contributed by atoms with Crippen molar-refractivity contribution in [2.24, 2.45) is 0 Å². The summed E-state index contributed by atoms with van der Waals surface area (Å²) in [6.07, 6.45) is -2.93. The highest BCUT2D eigenvalue weighted by Crippen LogP contribution is 2.33. The fourth-order valence-corrected chi connectivity index (χ4v) is 3.08. The number of ketones is 1. The zero-order valence-electron chi connectivity index (χ0n) is 13.1. The van der Waals surface area contributed by atoms with Crippen LogP contribution in [0.5, 0.6) is 0 Å². The van der Waals surface area contributed by atoms with Crippen LogP contribution in [0.15, 0.2) is 34.2 Å². The van der Waals surface area contributed by atoms with Gasteiger partial charge in [0.2, 0.25) is 26.7 Å². The van der Waals surface area contributed by atoms with Crippen molar-refractivity contribution >= 4 is 37.1 Å². The molecule has 3 rings (SSSR count). The molecule has 0 aliphatic rings. The van der Waals surface area contributed by atoms with E-state index in [0.29, 0.717) is 10.7 Å². The van der Waals surface area contributed by atoms with Crippen molar-refractivity contribution in [3.05, 3.63) is 51.8 Å². The minimum atomic E-state index is -5.07. The van der Waals surface area contributed by atoms with Gasteiger partial charge in [0.15, 0.2) is 0 Å². The lowest BCUT2D eigenvalue weighted by Gasteiger charge is -2.11. The Kier molecular flexibility index (Phi) is 4.54. The third-order valence-corrected chi connectivity index (χ3v) is 4.73. The molecule has 0 saturated heterocycles. The largest absolute Gasteiger partial charge is 0.420 e. The number of pyridine rings is 1. The topological polar surface area (TPSA) is 94.3 Å². The van der Waals surface area contributed by atoms with Crippen LogP contribution in [0.4, 0.5) is 17.6 Å². The second kappa shape index (κ2) is 6.34. The minimum absolute atomic E-state index is 0.117. The van der Waals surface area contributed by atoms with Gasteiger partial charge in [0, 0.05) is 23.1 Å². The summed E-state index contributed by atoms with van der Waals surface area (Å²) in [4.78, 5) is 19.1. The Labute approximate surface area is 157 Å². The lowest BCUT2D eigenvalue weighted by molar-refractivity contribution is -0.138. The number of rotatable bonds is 3. The first-order valence-corrected chi connectivity index (χ1v) is 9.60. The summed E-state index contributed by atoms with van der Waals surface area (Å²) in [5, 5.41) is 2.45. The van der Waals surface area contributed by atoms with Crippen molar-refractivity contribution in [2.45, 2.75) is 11.3 Å². The quantitative estimate of drug-likeness (QED) is 0.334. The lowest BCUT2D eigenvalue weighted by atomic mass is 10.1. The zero-order chi connectivity index (χ0) is 20.1. The Hall–Kier alpha value is -2.41. The molecule has 0 aromatic carbocycles. The molecule has 0 amide bonds. The first-order chi connectivity index (χ1) is 12.4. The van der Waals surface area contributed by atoms with Gasteiger partial charge in [-0.15, -0.1) is 5.10 Å². The summed E-state index contributed by atoms with van der Waals surface area (Å²) in [6, 6.07) is 2.69. The molecule has 3 aromatic rings. The van der Waals surface area contributed by atoms with Gasteiger partial charge >= 0.3 is 6.18 Å². The first kappa shape index (κ1) is 19.4. The SMILES string of the molecule is CS(=O)(=O)c1ncc(C(F)(F)F)c(C(=O)c2c(F)nn3cc(Br)ccc23)n1. The Morgan fingerprint density at radius 2 is 1.93 bits per heavy atom. The minimum Gasteiger partial charge on any atom is -0.287 e. The van der Waals surface area contributed by atoms with Gasteiger partial charge < -0.3 is 0 Å². The van der Waals surface area contributed by atoms with E-state index in [4.69, 9.17) is 0 Å². The maximum atomic E-state index is 14.2. The molecule has 0 N–H and O–H groups in total. The number of carbonyl (C=O) groups is 1.